The van der Waals surface area contributed by atoms with Crippen molar-refractivity contribution in [3.05, 3.63) is 41.5 Å². The Morgan fingerprint density at radius 3 is 2.58 bits per heavy atom. The topological polar surface area (TPSA) is 62.6 Å². The van der Waals surface area contributed by atoms with E-state index in [-0.39, 0.29) is 24.4 Å². The fourth-order valence-corrected chi connectivity index (χ4v) is 3.10. The van der Waals surface area contributed by atoms with Gasteiger partial charge in [-0.05, 0) is 58.1 Å². The zero-order valence-corrected chi connectivity index (χ0v) is 16.2. The number of carbonyl (C=O) groups is 2. The lowest BCUT2D eigenvalue weighted by Crippen LogP contribution is -3.15. The van der Waals surface area contributed by atoms with Gasteiger partial charge in [0.05, 0.1) is 7.05 Å². The van der Waals surface area contributed by atoms with E-state index in [0.29, 0.717) is 6.54 Å². The quantitative estimate of drug-likeness (QED) is 0.621. The number of carbonyl (C=O) groups excluding carboxylic acids is 2. The van der Waals surface area contributed by atoms with Crippen molar-refractivity contribution in [1.29, 1.82) is 0 Å². The Bertz CT molecular complexity index is 637. The summed E-state index contributed by atoms with van der Waals surface area (Å²) < 4.78 is 0. The number of nitrogens with one attached hydrogen (secondary N) is 3. The van der Waals surface area contributed by atoms with Gasteiger partial charge in [0.2, 0.25) is 0 Å². The van der Waals surface area contributed by atoms with Crippen molar-refractivity contribution in [2.45, 2.75) is 52.0 Å². The summed E-state index contributed by atoms with van der Waals surface area (Å²) in [7, 11) is 1.88. The SMILES string of the molecule is Cc1ccc(NC(=O)C[NH+](C)[C@@H](C)C(=O)NCCC2=CCCCC2)cc1. The number of likely N-dealkylation sites (N-methyl/N-ethyl adjacent to an activating group) is 1. The van der Waals surface area contributed by atoms with Crippen LogP contribution in [0.15, 0.2) is 35.9 Å². The summed E-state index contributed by atoms with van der Waals surface area (Å²) in [6.45, 7) is 4.81. The average molecular weight is 359 g/mol. The van der Waals surface area contributed by atoms with Crippen LogP contribution >= 0.6 is 0 Å². The number of amides is 2. The number of quaternary nitrogens is 1. The van der Waals surface area contributed by atoms with Crippen molar-refractivity contribution < 1.29 is 14.5 Å². The van der Waals surface area contributed by atoms with E-state index in [0.717, 1.165) is 29.0 Å². The van der Waals surface area contributed by atoms with Crippen LogP contribution in [0.25, 0.3) is 0 Å². The molecule has 0 saturated carbocycles. The highest BCUT2D eigenvalue weighted by molar-refractivity contribution is 5.91. The maximum absolute atomic E-state index is 12.3. The Balaban J connectivity index is 1.71. The number of allylic oxidation sites excluding steroid dienone is 1. The van der Waals surface area contributed by atoms with E-state index < -0.39 is 0 Å². The predicted octanol–water partition coefficient (Wildman–Crippen LogP) is 1.84. The second kappa shape index (κ2) is 10.1. The monoisotopic (exact) mass is 358 g/mol. The van der Waals surface area contributed by atoms with Gasteiger partial charge in [-0.3, -0.25) is 9.59 Å². The van der Waals surface area contributed by atoms with E-state index in [1.165, 1.54) is 24.8 Å². The Hall–Kier alpha value is -2.14. The maximum Gasteiger partial charge on any atom is 0.279 e. The standard InChI is InChI=1S/C21H31N3O2/c1-16-9-11-19(12-10-16)23-20(25)15-24(3)17(2)21(26)22-14-13-18-7-5-4-6-8-18/h7,9-12,17H,4-6,8,13-15H2,1-3H3,(H,22,26)(H,23,25)/p+1/t17-/m0/s1. The van der Waals surface area contributed by atoms with Crippen LogP contribution in [-0.2, 0) is 9.59 Å². The molecule has 3 N–H and O–H groups in total. The molecule has 0 saturated heterocycles. The fraction of sp³-hybridized carbons (Fsp3) is 0.524. The molecule has 1 aliphatic rings. The van der Waals surface area contributed by atoms with Gasteiger partial charge < -0.3 is 15.5 Å². The molecule has 5 heteroatoms. The third kappa shape index (κ3) is 6.64. The Labute approximate surface area is 156 Å². The predicted molar refractivity (Wildman–Crippen MR) is 105 cm³/mol. The van der Waals surface area contributed by atoms with Gasteiger partial charge in [-0.25, -0.2) is 0 Å². The summed E-state index contributed by atoms with van der Waals surface area (Å²) in [5.74, 6) is -0.0830. The molecule has 26 heavy (non-hydrogen) atoms. The van der Waals surface area contributed by atoms with Crippen LogP contribution in [0.2, 0.25) is 0 Å². The first-order valence-electron chi connectivity index (χ1n) is 9.60. The van der Waals surface area contributed by atoms with E-state index in [9.17, 15) is 9.59 Å². The molecule has 1 aromatic rings. The highest BCUT2D eigenvalue weighted by Gasteiger charge is 2.23. The van der Waals surface area contributed by atoms with Gasteiger partial charge in [0.25, 0.3) is 11.8 Å². The molecule has 142 valence electrons. The van der Waals surface area contributed by atoms with Gasteiger partial charge in [-0.2, -0.15) is 0 Å². The molecule has 1 aromatic carbocycles. The molecular formula is C21H32N3O2+. The molecule has 0 heterocycles. The summed E-state index contributed by atoms with van der Waals surface area (Å²) in [5, 5.41) is 5.89. The van der Waals surface area contributed by atoms with Gasteiger partial charge in [0, 0.05) is 12.2 Å². The summed E-state index contributed by atoms with van der Waals surface area (Å²) in [4.78, 5) is 25.4. The lowest BCUT2D eigenvalue weighted by molar-refractivity contribution is -0.885. The first kappa shape index (κ1) is 20.2. The third-order valence-electron chi connectivity index (χ3n) is 5.04. The Morgan fingerprint density at radius 1 is 1.19 bits per heavy atom. The molecule has 0 bridgehead atoms. The zero-order valence-electron chi connectivity index (χ0n) is 16.2. The fourth-order valence-electron chi connectivity index (χ4n) is 3.10. The van der Waals surface area contributed by atoms with Gasteiger partial charge >= 0.3 is 0 Å². The number of benzene rings is 1. The maximum atomic E-state index is 12.3. The summed E-state index contributed by atoms with van der Waals surface area (Å²) in [6.07, 6.45) is 8.13. The van der Waals surface area contributed by atoms with Gasteiger partial charge in [0.1, 0.15) is 0 Å². The summed E-state index contributed by atoms with van der Waals surface area (Å²) >= 11 is 0. The largest absolute Gasteiger partial charge is 0.351 e. The van der Waals surface area contributed by atoms with E-state index in [4.69, 9.17) is 0 Å². The van der Waals surface area contributed by atoms with Crippen molar-refractivity contribution in [3.63, 3.8) is 0 Å². The van der Waals surface area contributed by atoms with Crippen LogP contribution in [0, 0.1) is 6.92 Å². The van der Waals surface area contributed by atoms with E-state index >= 15 is 0 Å². The number of anilines is 1. The lowest BCUT2D eigenvalue weighted by atomic mass is 9.97. The number of aryl methyl sites for hydroxylation is 1. The minimum absolute atomic E-state index is 0.00189. The van der Waals surface area contributed by atoms with Crippen LogP contribution in [0.5, 0.6) is 0 Å². The van der Waals surface area contributed by atoms with Crippen molar-refractivity contribution in [1.82, 2.24) is 5.32 Å². The molecule has 0 aliphatic heterocycles. The molecule has 1 unspecified atom stereocenters. The lowest BCUT2D eigenvalue weighted by Gasteiger charge is -2.21. The van der Waals surface area contributed by atoms with Crippen molar-refractivity contribution in [2.24, 2.45) is 0 Å². The molecular weight excluding hydrogens is 326 g/mol. The van der Waals surface area contributed by atoms with Gasteiger partial charge in [-0.1, -0.05) is 29.3 Å². The molecule has 0 fully saturated rings. The van der Waals surface area contributed by atoms with Crippen LogP contribution < -0.4 is 15.5 Å². The summed E-state index contributed by atoms with van der Waals surface area (Å²) in [5.41, 5.74) is 3.40. The number of hydrogen-bond acceptors (Lipinski definition) is 2. The molecule has 1 aliphatic carbocycles. The highest BCUT2D eigenvalue weighted by atomic mass is 16.2. The van der Waals surface area contributed by atoms with Crippen molar-refractivity contribution in [3.8, 4) is 0 Å². The van der Waals surface area contributed by atoms with Crippen molar-refractivity contribution in [2.75, 3.05) is 25.5 Å². The van der Waals surface area contributed by atoms with E-state index in [1.807, 2.05) is 45.2 Å². The Kier molecular flexibility index (Phi) is 7.85. The molecule has 5 nitrogen and oxygen atoms in total. The first-order chi connectivity index (χ1) is 12.5. The van der Waals surface area contributed by atoms with Crippen LogP contribution in [0.3, 0.4) is 0 Å². The molecule has 2 amide bonds. The van der Waals surface area contributed by atoms with Crippen LogP contribution in [0.1, 0.15) is 44.6 Å². The van der Waals surface area contributed by atoms with E-state index in [1.54, 1.807) is 0 Å². The Morgan fingerprint density at radius 2 is 1.92 bits per heavy atom. The molecule has 2 rings (SSSR count). The van der Waals surface area contributed by atoms with Crippen molar-refractivity contribution >= 4 is 17.5 Å². The highest BCUT2D eigenvalue weighted by Crippen LogP contribution is 2.19. The van der Waals surface area contributed by atoms with Crippen LogP contribution in [-0.4, -0.2) is 38.0 Å². The van der Waals surface area contributed by atoms with Gasteiger partial charge in [-0.15, -0.1) is 0 Å². The van der Waals surface area contributed by atoms with Gasteiger partial charge in [0.15, 0.2) is 12.6 Å². The first-order valence-corrected chi connectivity index (χ1v) is 9.60. The second-order valence-corrected chi connectivity index (χ2v) is 7.31. The smallest absolute Gasteiger partial charge is 0.279 e. The number of hydrogen-bond donors (Lipinski definition) is 3. The molecule has 0 spiro atoms. The molecule has 0 aromatic heterocycles. The average Bonchev–Trinajstić information content (AvgIpc) is 2.63. The third-order valence-corrected chi connectivity index (χ3v) is 5.04. The molecule has 0 radical (unpaired) electrons. The number of rotatable bonds is 8. The normalized spacial score (nSPS) is 16.3. The second-order valence-electron chi connectivity index (χ2n) is 7.31. The van der Waals surface area contributed by atoms with E-state index in [2.05, 4.69) is 16.7 Å². The van der Waals surface area contributed by atoms with Crippen LogP contribution in [0.4, 0.5) is 5.69 Å². The zero-order chi connectivity index (χ0) is 18.9. The minimum Gasteiger partial charge on any atom is -0.351 e. The minimum atomic E-state index is -0.265. The molecule has 2 atom stereocenters. The summed E-state index contributed by atoms with van der Waals surface area (Å²) in [6, 6.07) is 7.44.